The summed E-state index contributed by atoms with van der Waals surface area (Å²) in [5, 5.41) is 11.9. The molecular formula is C33H48F2N6O3. The number of nitrogens with one attached hydrogen (secondary N) is 1. The zero-order valence-electron chi connectivity index (χ0n) is 26.9. The number of likely N-dealkylation sites (tertiary alicyclic amines) is 1. The highest BCUT2D eigenvalue weighted by atomic mass is 19.3. The normalized spacial score (nSPS) is 26.1. The van der Waals surface area contributed by atoms with Gasteiger partial charge in [-0.2, -0.15) is 0 Å². The van der Waals surface area contributed by atoms with E-state index in [0.29, 0.717) is 30.5 Å². The van der Waals surface area contributed by atoms with Gasteiger partial charge >= 0.3 is 6.09 Å². The molecule has 2 aromatic rings. The number of carbonyl (C=O) groups excluding carboxylic acids is 2. The van der Waals surface area contributed by atoms with E-state index in [1.807, 2.05) is 37.3 Å². The van der Waals surface area contributed by atoms with E-state index in [2.05, 4.69) is 38.8 Å². The third-order valence-corrected chi connectivity index (χ3v) is 9.26. The monoisotopic (exact) mass is 614 g/mol. The van der Waals surface area contributed by atoms with Gasteiger partial charge in [0.05, 0.1) is 18.5 Å². The lowest BCUT2D eigenvalue weighted by Gasteiger charge is -2.41. The van der Waals surface area contributed by atoms with Crippen molar-refractivity contribution in [2.45, 2.75) is 122 Å². The summed E-state index contributed by atoms with van der Waals surface area (Å²) < 4.78 is 37.3. The van der Waals surface area contributed by atoms with Crippen LogP contribution in [0.1, 0.15) is 108 Å². The van der Waals surface area contributed by atoms with Crippen molar-refractivity contribution < 1.29 is 23.1 Å². The highest BCUT2D eigenvalue weighted by Gasteiger charge is 2.46. The Kier molecular flexibility index (Phi) is 9.35. The number of fused-ring (bicyclic) bond motifs is 2. The van der Waals surface area contributed by atoms with Crippen LogP contribution in [-0.2, 0) is 9.53 Å². The van der Waals surface area contributed by atoms with Crippen molar-refractivity contribution in [2.75, 3.05) is 19.6 Å². The van der Waals surface area contributed by atoms with E-state index in [1.54, 1.807) is 20.8 Å². The summed E-state index contributed by atoms with van der Waals surface area (Å²) in [6, 6.07) is 10.6. The number of halogens is 2. The summed E-state index contributed by atoms with van der Waals surface area (Å²) in [6.07, 6.45) is 3.59. The van der Waals surface area contributed by atoms with Crippen LogP contribution in [0, 0.1) is 12.8 Å². The molecule has 3 aliphatic rings. The molecule has 0 radical (unpaired) electrons. The van der Waals surface area contributed by atoms with Gasteiger partial charge in [0.2, 0.25) is 5.91 Å². The van der Waals surface area contributed by atoms with E-state index in [-0.39, 0.29) is 12.6 Å². The fraction of sp³-hybridized carbons (Fsp3) is 0.697. The van der Waals surface area contributed by atoms with E-state index < -0.39 is 42.4 Å². The van der Waals surface area contributed by atoms with Gasteiger partial charge in [-0.3, -0.25) is 9.69 Å². The molecule has 3 aliphatic heterocycles. The van der Waals surface area contributed by atoms with Crippen molar-refractivity contribution in [3.63, 3.8) is 0 Å². The van der Waals surface area contributed by atoms with E-state index >= 15 is 0 Å². The maximum absolute atomic E-state index is 14.8. The van der Waals surface area contributed by atoms with Gasteiger partial charge in [-0.1, -0.05) is 44.2 Å². The Morgan fingerprint density at radius 2 is 1.73 bits per heavy atom. The number of amides is 2. The number of hydrogen-bond donors (Lipinski definition) is 1. The number of piperidine rings is 2. The van der Waals surface area contributed by atoms with E-state index in [9.17, 15) is 18.4 Å². The minimum atomic E-state index is -3.18. The standard InChI is InChI=1S/C33H48F2N6O3/c1-21(2)29-38-37-22(3)41(29)27-16-25-12-13-26(17-27)40(25)15-14-28(23-10-8-7-9-11-23)36-30(42)24-18-33(34,35)20-39(19-24)31(43)44-32(4,5)6/h7-11,21,24-28H,12-20H2,1-6H3,(H,36,42)/t24?,25-,26+,27?,28-/m0/s1. The average Bonchev–Trinajstić information content (AvgIpc) is 3.44. The number of ether oxygens (including phenoxy) is 1. The van der Waals surface area contributed by atoms with Crippen LogP contribution in [0.2, 0.25) is 0 Å². The smallest absolute Gasteiger partial charge is 0.410 e. The molecule has 44 heavy (non-hydrogen) atoms. The topological polar surface area (TPSA) is 92.6 Å². The maximum atomic E-state index is 14.8. The zero-order valence-corrected chi connectivity index (χ0v) is 26.9. The van der Waals surface area contributed by atoms with E-state index in [1.165, 1.54) is 0 Å². The Morgan fingerprint density at radius 3 is 2.34 bits per heavy atom. The summed E-state index contributed by atoms with van der Waals surface area (Å²) in [4.78, 5) is 29.8. The van der Waals surface area contributed by atoms with Crippen molar-refractivity contribution in [3.8, 4) is 0 Å². The molecule has 2 bridgehead atoms. The minimum absolute atomic E-state index is 0.101. The van der Waals surface area contributed by atoms with Crippen LogP contribution in [-0.4, -0.2) is 79.8 Å². The van der Waals surface area contributed by atoms with Crippen LogP contribution >= 0.6 is 0 Å². The summed E-state index contributed by atoms with van der Waals surface area (Å²) in [7, 11) is 0. The fourth-order valence-electron chi connectivity index (χ4n) is 7.37. The molecule has 1 aromatic carbocycles. The largest absolute Gasteiger partial charge is 0.444 e. The van der Waals surface area contributed by atoms with Gasteiger partial charge in [-0.15, -0.1) is 10.2 Å². The maximum Gasteiger partial charge on any atom is 0.410 e. The lowest BCUT2D eigenvalue weighted by molar-refractivity contribution is -0.137. The second kappa shape index (κ2) is 12.7. The van der Waals surface area contributed by atoms with Crippen molar-refractivity contribution in [1.82, 2.24) is 29.9 Å². The molecule has 9 nitrogen and oxygen atoms in total. The predicted octanol–water partition coefficient (Wildman–Crippen LogP) is 6.02. The Bertz CT molecular complexity index is 1300. The van der Waals surface area contributed by atoms with Gasteiger partial charge < -0.3 is 19.5 Å². The van der Waals surface area contributed by atoms with Gasteiger partial charge in [-0.05, 0) is 65.4 Å². The van der Waals surface area contributed by atoms with E-state index in [0.717, 1.165) is 54.3 Å². The first-order valence-electron chi connectivity index (χ1n) is 16.1. The van der Waals surface area contributed by atoms with Crippen LogP contribution in [0.4, 0.5) is 13.6 Å². The Hall–Kier alpha value is -3.08. The van der Waals surface area contributed by atoms with Crippen LogP contribution in [0.25, 0.3) is 0 Å². The Morgan fingerprint density at radius 1 is 1.07 bits per heavy atom. The number of alkyl halides is 2. The lowest BCUT2D eigenvalue weighted by atomic mass is 9.93. The molecule has 0 aliphatic carbocycles. The van der Waals surface area contributed by atoms with Crippen LogP contribution < -0.4 is 5.32 Å². The van der Waals surface area contributed by atoms with Gasteiger partial charge in [-0.25, -0.2) is 13.6 Å². The number of carbonyl (C=O) groups is 2. The number of benzene rings is 1. The summed E-state index contributed by atoms with van der Waals surface area (Å²) in [5.41, 5.74) is 0.121. The second-order valence-electron chi connectivity index (χ2n) is 14.3. The van der Waals surface area contributed by atoms with Crippen LogP contribution in [0.15, 0.2) is 30.3 Å². The van der Waals surface area contributed by atoms with Crippen molar-refractivity contribution in [1.29, 1.82) is 0 Å². The molecular weight excluding hydrogens is 566 g/mol. The van der Waals surface area contributed by atoms with Crippen LogP contribution in [0.5, 0.6) is 0 Å². The predicted molar refractivity (Wildman–Crippen MR) is 163 cm³/mol. The summed E-state index contributed by atoms with van der Waals surface area (Å²) in [5.74, 6) is -2.35. The quantitative estimate of drug-likeness (QED) is 0.391. The molecule has 3 fully saturated rings. The number of hydrogen-bond acceptors (Lipinski definition) is 6. The van der Waals surface area contributed by atoms with Gasteiger partial charge in [0.15, 0.2) is 0 Å². The number of aryl methyl sites for hydroxylation is 1. The SMILES string of the molecule is Cc1nnc(C(C)C)n1C1C[C@H]2CC[C@@H](C1)N2CC[C@H](NC(=O)C1CN(C(=O)OC(C)(C)C)CC(F)(F)C1)c1ccccc1. The van der Waals surface area contributed by atoms with Gasteiger partial charge in [0.25, 0.3) is 5.92 Å². The summed E-state index contributed by atoms with van der Waals surface area (Å²) in [6.45, 7) is 11.4. The first-order chi connectivity index (χ1) is 20.7. The fourth-order valence-corrected chi connectivity index (χ4v) is 7.37. The third kappa shape index (κ3) is 7.41. The van der Waals surface area contributed by atoms with Crippen LogP contribution in [0.3, 0.4) is 0 Å². The Labute approximate surface area is 259 Å². The average molecular weight is 615 g/mol. The first-order valence-corrected chi connectivity index (χ1v) is 16.1. The highest BCUT2D eigenvalue weighted by molar-refractivity contribution is 5.80. The van der Waals surface area contributed by atoms with Gasteiger partial charge in [0.1, 0.15) is 17.2 Å². The molecule has 242 valence electrons. The molecule has 2 unspecified atom stereocenters. The second-order valence-corrected chi connectivity index (χ2v) is 14.3. The molecule has 5 rings (SSSR count). The third-order valence-electron chi connectivity index (χ3n) is 9.26. The highest BCUT2D eigenvalue weighted by Crippen LogP contribution is 2.42. The van der Waals surface area contributed by atoms with Crippen molar-refractivity contribution >= 4 is 12.0 Å². The molecule has 2 amide bonds. The molecule has 1 N–H and O–H groups in total. The lowest BCUT2D eigenvalue weighted by Crippen LogP contribution is -2.54. The van der Waals surface area contributed by atoms with Crippen molar-refractivity contribution in [3.05, 3.63) is 47.5 Å². The Balaban J connectivity index is 1.26. The minimum Gasteiger partial charge on any atom is -0.444 e. The number of rotatable bonds is 8. The van der Waals surface area contributed by atoms with Gasteiger partial charge in [0, 0.05) is 43.6 Å². The molecule has 0 spiro atoms. The summed E-state index contributed by atoms with van der Waals surface area (Å²) >= 11 is 0. The van der Waals surface area contributed by atoms with E-state index in [4.69, 9.17) is 4.74 Å². The molecule has 5 atom stereocenters. The zero-order chi connectivity index (χ0) is 31.8. The first kappa shape index (κ1) is 32.3. The van der Waals surface area contributed by atoms with Crippen molar-refractivity contribution in [2.24, 2.45) is 5.92 Å². The molecule has 0 saturated carbocycles. The number of nitrogens with zero attached hydrogens (tertiary/aromatic N) is 5. The molecule has 3 saturated heterocycles. The molecule has 4 heterocycles. The molecule has 1 aromatic heterocycles. The molecule has 11 heteroatoms. The number of aromatic nitrogens is 3.